The molecule has 1 fully saturated rings. The first-order chi connectivity index (χ1) is 5.24. The zero-order valence-electron chi connectivity index (χ0n) is 6.95. The van der Waals surface area contributed by atoms with Crippen LogP contribution >= 0.6 is 0 Å². The van der Waals surface area contributed by atoms with E-state index in [2.05, 4.69) is 4.90 Å². The number of nitrogens with two attached hydrogens (primary N) is 1. The van der Waals surface area contributed by atoms with Gasteiger partial charge in [-0.3, -0.25) is 0 Å². The molecule has 1 atom stereocenters. The van der Waals surface area contributed by atoms with Gasteiger partial charge in [-0.15, -0.1) is 0 Å². The Morgan fingerprint density at radius 2 is 2.36 bits per heavy atom. The Morgan fingerprint density at radius 3 is 2.73 bits per heavy atom. The molecule has 3 heteroatoms. The summed E-state index contributed by atoms with van der Waals surface area (Å²) in [6, 6.07) is 2.41. The SMILES string of the molecule is CN(CC(N)C#N)C1CCC1. The fourth-order valence-electron chi connectivity index (χ4n) is 1.33. The minimum absolute atomic E-state index is 0.319. The Kier molecular flexibility index (Phi) is 2.86. The van der Waals surface area contributed by atoms with Gasteiger partial charge in [0.15, 0.2) is 0 Å². The maximum Gasteiger partial charge on any atom is 0.106 e. The number of rotatable bonds is 3. The number of hydrogen-bond donors (Lipinski definition) is 1. The van der Waals surface area contributed by atoms with Crippen LogP contribution in [0.4, 0.5) is 0 Å². The molecule has 0 aromatic rings. The number of hydrogen-bond acceptors (Lipinski definition) is 3. The molecule has 1 rings (SSSR count). The molecule has 0 amide bonds. The molecule has 0 saturated heterocycles. The molecule has 0 aliphatic heterocycles. The van der Waals surface area contributed by atoms with Crippen LogP contribution in [0.15, 0.2) is 0 Å². The summed E-state index contributed by atoms with van der Waals surface area (Å²) in [5.41, 5.74) is 5.49. The lowest BCUT2D eigenvalue weighted by Crippen LogP contribution is -2.43. The van der Waals surface area contributed by atoms with E-state index in [0.717, 1.165) is 0 Å². The van der Waals surface area contributed by atoms with Crippen molar-refractivity contribution in [2.45, 2.75) is 31.3 Å². The fraction of sp³-hybridized carbons (Fsp3) is 0.875. The highest BCUT2D eigenvalue weighted by Crippen LogP contribution is 2.23. The Morgan fingerprint density at radius 1 is 1.73 bits per heavy atom. The molecule has 11 heavy (non-hydrogen) atoms. The first-order valence-electron chi connectivity index (χ1n) is 4.09. The van der Waals surface area contributed by atoms with Crippen LogP contribution in [0.3, 0.4) is 0 Å². The molecule has 0 aromatic carbocycles. The fourth-order valence-corrected chi connectivity index (χ4v) is 1.33. The Bertz CT molecular complexity index is 157. The van der Waals surface area contributed by atoms with E-state index in [-0.39, 0.29) is 6.04 Å². The van der Waals surface area contributed by atoms with Crippen molar-refractivity contribution in [3.8, 4) is 6.07 Å². The van der Waals surface area contributed by atoms with Crippen LogP contribution in [0.1, 0.15) is 19.3 Å². The lowest BCUT2D eigenvalue weighted by atomic mass is 9.92. The second kappa shape index (κ2) is 3.70. The van der Waals surface area contributed by atoms with Crippen molar-refractivity contribution in [2.75, 3.05) is 13.6 Å². The van der Waals surface area contributed by atoms with Crippen LogP contribution in [-0.2, 0) is 0 Å². The van der Waals surface area contributed by atoms with E-state index in [4.69, 9.17) is 11.0 Å². The maximum atomic E-state index is 8.45. The molecule has 1 aliphatic rings. The van der Waals surface area contributed by atoms with Gasteiger partial charge in [-0.1, -0.05) is 6.42 Å². The summed E-state index contributed by atoms with van der Waals surface area (Å²) >= 11 is 0. The van der Waals surface area contributed by atoms with Gasteiger partial charge in [0, 0.05) is 12.6 Å². The van der Waals surface area contributed by atoms with Gasteiger partial charge in [-0.25, -0.2) is 0 Å². The molecule has 62 valence electrons. The molecule has 0 aromatic heterocycles. The molecule has 3 nitrogen and oxygen atoms in total. The maximum absolute atomic E-state index is 8.45. The van der Waals surface area contributed by atoms with Crippen LogP contribution in [0.25, 0.3) is 0 Å². The minimum Gasteiger partial charge on any atom is -0.315 e. The van der Waals surface area contributed by atoms with Gasteiger partial charge in [0.05, 0.1) is 6.07 Å². The summed E-state index contributed by atoms with van der Waals surface area (Å²) in [7, 11) is 2.04. The lowest BCUT2D eigenvalue weighted by molar-refractivity contribution is 0.158. The van der Waals surface area contributed by atoms with Crippen molar-refractivity contribution in [3.05, 3.63) is 0 Å². The zero-order chi connectivity index (χ0) is 8.27. The van der Waals surface area contributed by atoms with Gasteiger partial charge in [0.25, 0.3) is 0 Å². The number of likely N-dealkylation sites (N-methyl/N-ethyl adjacent to an activating group) is 1. The number of nitriles is 1. The van der Waals surface area contributed by atoms with E-state index in [1.54, 1.807) is 0 Å². The largest absolute Gasteiger partial charge is 0.315 e. The normalized spacial score (nSPS) is 20.9. The molecule has 1 saturated carbocycles. The Balaban J connectivity index is 2.20. The van der Waals surface area contributed by atoms with Crippen molar-refractivity contribution >= 4 is 0 Å². The molecule has 0 spiro atoms. The molecule has 0 radical (unpaired) electrons. The average molecular weight is 153 g/mol. The van der Waals surface area contributed by atoms with Crippen molar-refractivity contribution in [1.82, 2.24) is 4.90 Å². The molecule has 1 aliphatic carbocycles. The molecular formula is C8H15N3. The second-order valence-electron chi connectivity index (χ2n) is 3.26. The highest BCUT2D eigenvalue weighted by atomic mass is 15.1. The topological polar surface area (TPSA) is 53.0 Å². The summed E-state index contributed by atoms with van der Waals surface area (Å²) in [5.74, 6) is 0. The molecule has 0 heterocycles. The number of nitrogens with zero attached hydrogens (tertiary/aromatic N) is 2. The quantitative estimate of drug-likeness (QED) is 0.635. The van der Waals surface area contributed by atoms with Crippen LogP contribution in [0.5, 0.6) is 0 Å². The predicted molar refractivity (Wildman–Crippen MR) is 43.9 cm³/mol. The molecular weight excluding hydrogens is 138 g/mol. The summed E-state index contributed by atoms with van der Waals surface area (Å²) in [4.78, 5) is 2.19. The molecule has 2 N–H and O–H groups in total. The Hall–Kier alpha value is -0.590. The first kappa shape index (κ1) is 8.51. The third kappa shape index (κ3) is 2.18. The smallest absolute Gasteiger partial charge is 0.106 e. The average Bonchev–Trinajstić information content (AvgIpc) is 1.83. The monoisotopic (exact) mass is 153 g/mol. The summed E-state index contributed by atoms with van der Waals surface area (Å²) in [5, 5.41) is 8.45. The van der Waals surface area contributed by atoms with E-state index in [1.165, 1.54) is 19.3 Å². The van der Waals surface area contributed by atoms with E-state index in [1.807, 2.05) is 13.1 Å². The highest BCUT2D eigenvalue weighted by molar-refractivity contribution is 4.90. The molecule has 1 unspecified atom stereocenters. The van der Waals surface area contributed by atoms with Crippen LogP contribution < -0.4 is 5.73 Å². The Labute approximate surface area is 67.8 Å². The van der Waals surface area contributed by atoms with Gasteiger partial charge in [-0.2, -0.15) is 5.26 Å². The van der Waals surface area contributed by atoms with Crippen molar-refractivity contribution in [2.24, 2.45) is 5.73 Å². The van der Waals surface area contributed by atoms with Gasteiger partial charge in [-0.05, 0) is 19.9 Å². The zero-order valence-corrected chi connectivity index (χ0v) is 6.95. The minimum atomic E-state index is -0.319. The van der Waals surface area contributed by atoms with Gasteiger partial charge in [0.1, 0.15) is 6.04 Å². The van der Waals surface area contributed by atoms with Crippen LogP contribution in [-0.4, -0.2) is 30.6 Å². The second-order valence-corrected chi connectivity index (χ2v) is 3.26. The van der Waals surface area contributed by atoms with Crippen LogP contribution in [0, 0.1) is 11.3 Å². The van der Waals surface area contributed by atoms with E-state index >= 15 is 0 Å². The van der Waals surface area contributed by atoms with Gasteiger partial charge >= 0.3 is 0 Å². The predicted octanol–water partition coefficient (Wildman–Crippen LogP) is 0.322. The van der Waals surface area contributed by atoms with E-state index < -0.39 is 0 Å². The standard InChI is InChI=1S/C8H15N3/c1-11(6-7(10)5-9)8-3-2-4-8/h7-8H,2-4,6,10H2,1H3. The summed E-state index contributed by atoms with van der Waals surface area (Å²) < 4.78 is 0. The van der Waals surface area contributed by atoms with Crippen LogP contribution in [0.2, 0.25) is 0 Å². The van der Waals surface area contributed by atoms with E-state index in [9.17, 15) is 0 Å². The van der Waals surface area contributed by atoms with E-state index in [0.29, 0.717) is 12.6 Å². The third-order valence-corrected chi connectivity index (χ3v) is 2.35. The third-order valence-electron chi connectivity index (χ3n) is 2.35. The van der Waals surface area contributed by atoms with Crippen molar-refractivity contribution in [3.63, 3.8) is 0 Å². The van der Waals surface area contributed by atoms with Crippen molar-refractivity contribution < 1.29 is 0 Å². The van der Waals surface area contributed by atoms with Crippen molar-refractivity contribution in [1.29, 1.82) is 5.26 Å². The lowest BCUT2D eigenvalue weighted by Gasteiger charge is -2.35. The summed E-state index contributed by atoms with van der Waals surface area (Å²) in [6.45, 7) is 0.709. The van der Waals surface area contributed by atoms with Gasteiger partial charge < -0.3 is 10.6 Å². The van der Waals surface area contributed by atoms with Gasteiger partial charge in [0.2, 0.25) is 0 Å². The molecule has 0 bridgehead atoms. The summed E-state index contributed by atoms with van der Waals surface area (Å²) in [6.07, 6.45) is 3.88. The highest BCUT2D eigenvalue weighted by Gasteiger charge is 2.22. The first-order valence-corrected chi connectivity index (χ1v) is 4.09.